The van der Waals surface area contributed by atoms with Crippen LogP contribution < -0.4 is 4.90 Å². The van der Waals surface area contributed by atoms with Crippen LogP contribution in [0.5, 0.6) is 0 Å². The van der Waals surface area contributed by atoms with E-state index in [9.17, 15) is 14.7 Å². The van der Waals surface area contributed by atoms with E-state index in [1.54, 1.807) is 42.4 Å². The van der Waals surface area contributed by atoms with Gasteiger partial charge in [0.15, 0.2) is 0 Å². The normalized spacial score (nSPS) is 14.3. The van der Waals surface area contributed by atoms with E-state index in [0.29, 0.717) is 29.0 Å². The number of benzene rings is 2. The number of hydrogen-bond acceptors (Lipinski definition) is 3. The Labute approximate surface area is 150 Å². The summed E-state index contributed by atoms with van der Waals surface area (Å²) in [6.45, 7) is 2.14. The highest BCUT2D eigenvalue weighted by Crippen LogP contribution is 2.36. The van der Waals surface area contributed by atoms with E-state index in [0.717, 1.165) is 11.3 Å². The molecule has 0 bridgehead atoms. The highest BCUT2D eigenvalue weighted by atomic mass is 16.4. The Balaban J connectivity index is 1.79. The molecule has 0 radical (unpaired) electrons. The topological polar surface area (TPSA) is 70.8 Å². The van der Waals surface area contributed by atoms with Crippen LogP contribution in [0.3, 0.4) is 0 Å². The lowest BCUT2D eigenvalue weighted by Crippen LogP contribution is -2.23. The summed E-state index contributed by atoms with van der Waals surface area (Å²) in [5.41, 5.74) is 3.75. The van der Waals surface area contributed by atoms with Gasteiger partial charge >= 0.3 is 5.97 Å². The van der Waals surface area contributed by atoms with Crippen LogP contribution in [0.1, 0.15) is 34.3 Å². The van der Waals surface area contributed by atoms with Gasteiger partial charge in [0, 0.05) is 16.8 Å². The second kappa shape index (κ2) is 6.19. The summed E-state index contributed by atoms with van der Waals surface area (Å²) in [5.74, 6) is -1.06. The van der Waals surface area contributed by atoms with Gasteiger partial charge in [-0.25, -0.2) is 0 Å². The SMILES string of the molecule is CC(C(=O)O)c1ccc(N2Cc3ccccc3C2=O)cc1-c1ccco1. The molecule has 1 unspecified atom stereocenters. The first kappa shape index (κ1) is 16.1. The molecule has 1 amide bonds. The Bertz CT molecular complexity index is 991. The van der Waals surface area contributed by atoms with Gasteiger partial charge in [-0.2, -0.15) is 0 Å². The lowest BCUT2D eigenvalue weighted by atomic mass is 9.93. The molecule has 1 aliphatic rings. The number of furan rings is 1. The fourth-order valence-corrected chi connectivity index (χ4v) is 3.33. The molecule has 0 aliphatic carbocycles. The number of nitrogens with zero attached hydrogens (tertiary/aromatic N) is 1. The summed E-state index contributed by atoms with van der Waals surface area (Å²) in [4.78, 5) is 25.9. The molecule has 3 aromatic rings. The average molecular weight is 347 g/mol. The van der Waals surface area contributed by atoms with Crippen molar-refractivity contribution in [2.24, 2.45) is 0 Å². The van der Waals surface area contributed by atoms with Crippen LogP contribution in [0, 0.1) is 0 Å². The molecule has 130 valence electrons. The Morgan fingerprint density at radius 1 is 1.12 bits per heavy atom. The third kappa shape index (κ3) is 2.58. The van der Waals surface area contributed by atoms with Gasteiger partial charge < -0.3 is 14.4 Å². The summed E-state index contributed by atoms with van der Waals surface area (Å²) < 4.78 is 5.50. The zero-order chi connectivity index (χ0) is 18.3. The number of carbonyl (C=O) groups excluding carboxylic acids is 1. The molecule has 1 atom stereocenters. The number of rotatable bonds is 4. The number of aliphatic carboxylic acids is 1. The number of hydrogen-bond donors (Lipinski definition) is 1. The lowest BCUT2D eigenvalue weighted by Gasteiger charge is -2.19. The summed E-state index contributed by atoms with van der Waals surface area (Å²) in [6.07, 6.45) is 1.55. The van der Waals surface area contributed by atoms with Gasteiger partial charge in [0.2, 0.25) is 0 Å². The van der Waals surface area contributed by atoms with Crippen molar-refractivity contribution in [2.45, 2.75) is 19.4 Å². The van der Waals surface area contributed by atoms with Crippen LogP contribution >= 0.6 is 0 Å². The van der Waals surface area contributed by atoms with Crippen molar-refractivity contribution in [3.63, 3.8) is 0 Å². The molecule has 0 spiro atoms. The molecule has 5 nitrogen and oxygen atoms in total. The second-order valence-corrected chi connectivity index (χ2v) is 6.36. The van der Waals surface area contributed by atoms with Crippen LogP contribution in [0.2, 0.25) is 0 Å². The second-order valence-electron chi connectivity index (χ2n) is 6.36. The zero-order valence-electron chi connectivity index (χ0n) is 14.2. The van der Waals surface area contributed by atoms with Crippen molar-refractivity contribution in [2.75, 3.05) is 4.90 Å². The number of amides is 1. The smallest absolute Gasteiger partial charge is 0.310 e. The minimum atomic E-state index is -0.907. The molecule has 0 saturated heterocycles. The molecule has 1 aromatic heterocycles. The average Bonchev–Trinajstić information content (AvgIpc) is 3.29. The van der Waals surface area contributed by atoms with Gasteiger partial charge in [-0.15, -0.1) is 0 Å². The Kier molecular flexibility index (Phi) is 3.84. The van der Waals surface area contributed by atoms with E-state index in [4.69, 9.17) is 4.42 Å². The summed E-state index contributed by atoms with van der Waals surface area (Å²) in [7, 11) is 0. The third-order valence-corrected chi connectivity index (χ3v) is 4.79. The number of anilines is 1. The van der Waals surface area contributed by atoms with Crippen molar-refractivity contribution < 1.29 is 19.1 Å². The van der Waals surface area contributed by atoms with E-state index in [1.165, 1.54) is 0 Å². The monoisotopic (exact) mass is 347 g/mol. The first-order valence-electron chi connectivity index (χ1n) is 8.36. The van der Waals surface area contributed by atoms with Crippen molar-refractivity contribution in [1.29, 1.82) is 0 Å². The quantitative estimate of drug-likeness (QED) is 0.764. The Morgan fingerprint density at radius 3 is 2.62 bits per heavy atom. The van der Waals surface area contributed by atoms with Gasteiger partial charge in [0.1, 0.15) is 5.76 Å². The maximum Gasteiger partial charge on any atom is 0.310 e. The molecule has 2 aromatic carbocycles. The van der Waals surface area contributed by atoms with Gasteiger partial charge in [-0.1, -0.05) is 24.3 Å². The molecule has 0 saturated carbocycles. The van der Waals surface area contributed by atoms with Crippen LogP contribution in [-0.2, 0) is 11.3 Å². The van der Waals surface area contributed by atoms with Crippen LogP contribution in [-0.4, -0.2) is 17.0 Å². The molecular weight excluding hydrogens is 330 g/mol. The standard InChI is InChI=1S/C21H17NO4/c1-13(21(24)25)16-9-8-15(11-18(16)19-7-4-10-26-19)22-12-14-5-2-3-6-17(14)20(22)23/h2-11,13H,12H2,1H3,(H,24,25). The van der Waals surface area contributed by atoms with Crippen molar-refractivity contribution in [1.82, 2.24) is 0 Å². The fraction of sp³-hybridized carbons (Fsp3) is 0.143. The first-order chi connectivity index (χ1) is 12.6. The molecule has 0 fully saturated rings. The molecular formula is C21H17NO4. The summed E-state index contributed by atoms with van der Waals surface area (Å²) in [5, 5.41) is 9.40. The van der Waals surface area contributed by atoms with Crippen LogP contribution in [0.15, 0.2) is 65.3 Å². The van der Waals surface area contributed by atoms with E-state index < -0.39 is 11.9 Å². The lowest BCUT2D eigenvalue weighted by molar-refractivity contribution is -0.138. The summed E-state index contributed by atoms with van der Waals surface area (Å²) >= 11 is 0. The molecule has 1 aliphatic heterocycles. The molecule has 1 N–H and O–H groups in total. The van der Waals surface area contributed by atoms with Gasteiger partial charge in [0.25, 0.3) is 5.91 Å². The van der Waals surface area contributed by atoms with Crippen LogP contribution in [0.4, 0.5) is 5.69 Å². The minimum Gasteiger partial charge on any atom is -0.481 e. The third-order valence-electron chi connectivity index (χ3n) is 4.79. The van der Waals surface area contributed by atoms with E-state index >= 15 is 0 Å². The first-order valence-corrected chi connectivity index (χ1v) is 8.36. The fourth-order valence-electron chi connectivity index (χ4n) is 3.33. The van der Waals surface area contributed by atoms with E-state index in [2.05, 4.69) is 0 Å². The number of carboxylic acids is 1. The summed E-state index contributed by atoms with van der Waals surface area (Å²) in [6, 6.07) is 16.5. The molecule has 4 rings (SSSR count). The largest absolute Gasteiger partial charge is 0.481 e. The van der Waals surface area contributed by atoms with Gasteiger partial charge in [0.05, 0.1) is 18.7 Å². The van der Waals surface area contributed by atoms with Crippen molar-refractivity contribution >= 4 is 17.6 Å². The minimum absolute atomic E-state index is 0.0509. The van der Waals surface area contributed by atoms with E-state index in [1.807, 2.05) is 30.3 Å². The molecule has 5 heteroatoms. The maximum atomic E-state index is 12.7. The highest BCUT2D eigenvalue weighted by Gasteiger charge is 2.29. The number of carbonyl (C=O) groups is 2. The molecule has 26 heavy (non-hydrogen) atoms. The number of carboxylic acid groups (broad SMARTS) is 1. The molecule has 2 heterocycles. The van der Waals surface area contributed by atoms with Crippen LogP contribution in [0.25, 0.3) is 11.3 Å². The zero-order valence-corrected chi connectivity index (χ0v) is 14.2. The van der Waals surface area contributed by atoms with Crippen molar-refractivity contribution in [3.8, 4) is 11.3 Å². The van der Waals surface area contributed by atoms with Gasteiger partial charge in [-0.3, -0.25) is 9.59 Å². The van der Waals surface area contributed by atoms with E-state index in [-0.39, 0.29) is 5.91 Å². The Morgan fingerprint density at radius 2 is 1.92 bits per heavy atom. The predicted octanol–water partition coefficient (Wildman–Crippen LogP) is 4.30. The maximum absolute atomic E-state index is 12.7. The van der Waals surface area contributed by atoms with Crippen molar-refractivity contribution in [3.05, 3.63) is 77.6 Å². The number of fused-ring (bicyclic) bond motifs is 1. The van der Waals surface area contributed by atoms with Gasteiger partial charge in [-0.05, 0) is 48.4 Å². The predicted molar refractivity (Wildman–Crippen MR) is 97.2 cm³/mol. The highest BCUT2D eigenvalue weighted by molar-refractivity contribution is 6.10. The Hall–Kier alpha value is -3.34.